The van der Waals surface area contributed by atoms with Crippen molar-refractivity contribution >= 4 is 16.8 Å². The predicted molar refractivity (Wildman–Crippen MR) is 99.9 cm³/mol. The Morgan fingerprint density at radius 1 is 1.38 bits per heavy atom. The van der Waals surface area contributed by atoms with Gasteiger partial charge in [0.25, 0.3) is 5.91 Å². The number of aryl methyl sites for hydroxylation is 3. The molecule has 6 heteroatoms. The van der Waals surface area contributed by atoms with Crippen LogP contribution in [0.15, 0.2) is 30.6 Å². The molecule has 26 heavy (non-hydrogen) atoms. The molecule has 0 bridgehead atoms. The number of H-pyrrole nitrogens is 1. The quantitative estimate of drug-likeness (QED) is 0.675. The van der Waals surface area contributed by atoms with Crippen LogP contribution in [-0.2, 0) is 7.05 Å². The molecule has 0 spiro atoms. The molecule has 1 aromatic carbocycles. The molecule has 3 aromatic rings. The summed E-state index contributed by atoms with van der Waals surface area (Å²) >= 11 is 0. The van der Waals surface area contributed by atoms with Gasteiger partial charge in [0.1, 0.15) is 0 Å². The van der Waals surface area contributed by atoms with Gasteiger partial charge < -0.3 is 15.4 Å². The van der Waals surface area contributed by atoms with Gasteiger partial charge in [0.2, 0.25) is 0 Å². The van der Waals surface area contributed by atoms with E-state index in [1.807, 2.05) is 38.4 Å². The van der Waals surface area contributed by atoms with Gasteiger partial charge in [0.05, 0.1) is 18.3 Å². The lowest BCUT2D eigenvalue weighted by Crippen LogP contribution is -2.41. The maximum atomic E-state index is 12.9. The van der Waals surface area contributed by atoms with Crippen molar-refractivity contribution < 1.29 is 9.90 Å². The van der Waals surface area contributed by atoms with E-state index in [0.717, 1.165) is 22.2 Å². The number of aromatic nitrogens is 3. The lowest BCUT2D eigenvalue weighted by molar-refractivity contribution is 0.0235. The lowest BCUT2D eigenvalue weighted by Gasteiger charge is -2.37. The summed E-state index contributed by atoms with van der Waals surface area (Å²) in [4.78, 5) is 16.2. The number of fused-ring (bicyclic) bond motifs is 1. The zero-order valence-electron chi connectivity index (χ0n) is 15.3. The highest BCUT2D eigenvalue weighted by atomic mass is 16.3. The number of aliphatic hydroxyl groups is 1. The molecular formula is C20H24N4O2. The molecule has 1 fully saturated rings. The van der Waals surface area contributed by atoms with Gasteiger partial charge >= 0.3 is 0 Å². The number of aliphatic hydroxyl groups excluding tert-OH is 1. The fourth-order valence-electron chi connectivity index (χ4n) is 3.80. The number of rotatable bonds is 4. The number of aromatic amines is 1. The summed E-state index contributed by atoms with van der Waals surface area (Å²) in [6.07, 6.45) is 4.86. The van der Waals surface area contributed by atoms with E-state index in [4.69, 9.17) is 0 Å². The van der Waals surface area contributed by atoms with E-state index in [9.17, 15) is 9.90 Å². The highest BCUT2D eigenvalue weighted by Crippen LogP contribution is 2.38. The number of nitrogens with one attached hydrogen (secondary N) is 2. The van der Waals surface area contributed by atoms with Crippen LogP contribution in [-0.4, -0.2) is 31.9 Å². The molecule has 1 atom stereocenters. The van der Waals surface area contributed by atoms with Gasteiger partial charge in [-0.05, 0) is 56.4 Å². The molecule has 136 valence electrons. The summed E-state index contributed by atoms with van der Waals surface area (Å²) in [5.41, 5.74) is 4.96. The maximum Gasteiger partial charge on any atom is 0.251 e. The minimum absolute atomic E-state index is 0.0969. The van der Waals surface area contributed by atoms with Crippen LogP contribution < -0.4 is 5.32 Å². The third kappa shape index (κ3) is 2.90. The molecule has 0 saturated heterocycles. The molecule has 1 saturated carbocycles. The first-order valence-electron chi connectivity index (χ1n) is 8.98. The van der Waals surface area contributed by atoms with E-state index in [1.165, 1.54) is 5.56 Å². The van der Waals surface area contributed by atoms with Gasteiger partial charge in [0, 0.05) is 41.0 Å². The fraction of sp³-hybridized carbons (Fsp3) is 0.400. The van der Waals surface area contributed by atoms with Crippen molar-refractivity contribution in [3.63, 3.8) is 0 Å². The highest BCUT2D eigenvalue weighted by Gasteiger charge is 2.36. The first-order chi connectivity index (χ1) is 12.4. The van der Waals surface area contributed by atoms with E-state index in [1.54, 1.807) is 10.9 Å². The second-order valence-electron chi connectivity index (χ2n) is 7.42. The summed E-state index contributed by atoms with van der Waals surface area (Å²) in [7, 11) is 1.86. The van der Waals surface area contributed by atoms with Crippen molar-refractivity contribution in [3.05, 3.63) is 53.0 Å². The topological polar surface area (TPSA) is 82.9 Å². The van der Waals surface area contributed by atoms with Crippen LogP contribution in [0.25, 0.3) is 10.9 Å². The smallest absolute Gasteiger partial charge is 0.251 e. The number of carbonyl (C=O) groups excluding carboxylic acids is 1. The van der Waals surface area contributed by atoms with Crippen LogP contribution in [0.2, 0.25) is 0 Å². The van der Waals surface area contributed by atoms with Crippen molar-refractivity contribution in [3.8, 4) is 0 Å². The zero-order chi connectivity index (χ0) is 18.4. The minimum Gasteiger partial charge on any atom is -0.393 e. The van der Waals surface area contributed by atoms with E-state index >= 15 is 0 Å². The van der Waals surface area contributed by atoms with Crippen LogP contribution in [0, 0.1) is 19.8 Å². The molecule has 2 heterocycles. The van der Waals surface area contributed by atoms with Crippen molar-refractivity contribution in [2.45, 2.75) is 38.8 Å². The lowest BCUT2D eigenvalue weighted by atomic mass is 9.75. The molecule has 0 aliphatic heterocycles. The molecule has 3 N–H and O–H groups in total. The van der Waals surface area contributed by atoms with E-state index in [0.29, 0.717) is 18.4 Å². The number of amides is 1. The Balaban J connectivity index is 1.61. The standard InChI is InChI=1S/C20H24N4O2/c1-11-12(2)22-18-5-4-13(8-17(11)18)20(26)23-19(14-6-16(25)7-14)15-9-21-24(3)10-15/h4-5,8-10,14,16,19,22,25H,6-7H2,1-3H3,(H,23,26). The van der Waals surface area contributed by atoms with Crippen molar-refractivity contribution in [1.29, 1.82) is 0 Å². The molecule has 4 rings (SSSR count). The number of carbonyl (C=O) groups is 1. The normalized spacial score (nSPS) is 20.8. The first-order valence-corrected chi connectivity index (χ1v) is 8.98. The molecule has 1 amide bonds. The third-order valence-corrected chi connectivity index (χ3v) is 5.56. The average molecular weight is 352 g/mol. The predicted octanol–water partition coefficient (Wildman–Crippen LogP) is 2.76. The molecule has 1 unspecified atom stereocenters. The van der Waals surface area contributed by atoms with Crippen molar-refractivity contribution in [2.75, 3.05) is 0 Å². The Kier molecular flexibility index (Phi) is 4.07. The summed E-state index contributed by atoms with van der Waals surface area (Å²) in [5.74, 6) is 0.138. The Labute approximate surface area is 152 Å². The van der Waals surface area contributed by atoms with Crippen LogP contribution in [0.3, 0.4) is 0 Å². The Morgan fingerprint density at radius 2 is 2.15 bits per heavy atom. The largest absolute Gasteiger partial charge is 0.393 e. The monoisotopic (exact) mass is 352 g/mol. The van der Waals surface area contributed by atoms with Crippen LogP contribution >= 0.6 is 0 Å². The van der Waals surface area contributed by atoms with Gasteiger partial charge in [-0.15, -0.1) is 0 Å². The number of hydrogen-bond donors (Lipinski definition) is 3. The zero-order valence-corrected chi connectivity index (χ0v) is 15.3. The Hall–Kier alpha value is -2.60. The van der Waals surface area contributed by atoms with Crippen LogP contribution in [0.5, 0.6) is 0 Å². The molecule has 2 aromatic heterocycles. The minimum atomic E-state index is -0.266. The van der Waals surface area contributed by atoms with Gasteiger partial charge in [-0.1, -0.05) is 0 Å². The molecule has 1 aliphatic rings. The van der Waals surface area contributed by atoms with Crippen molar-refractivity contribution in [2.24, 2.45) is 13.0 Å². The van der Waals surface area contributed by atoms with Crippen molar-refractivity contribution in [1.82, 2.24) is 20.1 Å². The Bertz CT molecular complexity index is 966. The van der Waals surface area contributed by atoms with Gasteiger partial charge in [-0.3, -0.25) is 9.48 Å². The highest BCUT2D eigenvalue weighted by molar-refractivity contribution is 5.99. The van der Waals surface area contributed by atoms with Crippen LogP contribution in [0.1, 0.15) is 46.1 Å². The first kappa shape index (κ1) is 16.8. The summed E-state index contributed by atoms with van der Waals surface area (Å²) in [6.45, 7) is 4.10. The second kappa shape index (κ2) is 6.29. The van der Waals surface area contributed by atoms with E-state index in [-0.39, 0.29) is 24.0 Å². The third-order valence-electron chi connectivity index (χ3n) is 5.56. The molecule has 1 aliphatic carbocycles. The number of hydrogen-bond acceptors (Lipinski definition) is 3. The fourth-order valence-corrected chi connectivity index (χ4v) is 3.80. The van der Waals surface area contributed by atoms with E-state index in [2.05, 4.69) is 22.3 Å². The summed E-state index contributed by atoms with van der Waals surface area (Å²) in [5, 5.41) is 18.2. The molecular weight excluding hydrogens is 328 g/mol. The van der Waals surface area contributed by atoms with Crippen LogP contribution in [0.4, 0.5) is 0 Å². The SMILES string of the molecule is Cc1[nH]c2ccc(C(=O)NC(c3cnn(C)c3)C3CC(O)C3)cc2c1C. The summed E-state index contributed by atoms with van der Waals surface area (Å²) < 4.78 is 1.74. The molecule has 0 radical (unpaired) electrons. The maximum absolute atomic E-state index is 12.9. The average Bonchev–Trinajstić information content (AvgIpc) is 3.13. The van der Waals surface area contributed by atoms with Gasteiger partial charge in [0.15, 0.2) is 0 Å². The Morgan fingerprint density at radius 3 is 2.81 bits per heavy atom. The summed E-state index contributed by atoms with van der Waals surface area (Å²) in [6, 6.07) is 5.61. The number of nitrogens with zero attached hydrogens (tertiary/aromatic N) is 2. The van der Waals surface area contributed by atoms with Gasteiger partial charge in [-0.25, -0.2) is 0 Å². The molecule has 6 nitrogen and oxygen atoms in total. The number of benzene rings is 1. The van der Waals surface area contributed by atoms with E-state index < -0.39 is 0 Å². The van der Waals surface area contributed by atoms with Gasteiger partial charge in [-0.2, -0.15) is 5.10 Å². The second-order valence-corrected chi connectivity index (χ2v) is 7.42.